The lowest BCUT2D eigenvalue weighted by atomic mass is 9.95. The summed E-state index contributed by atoms with van der Waals surface area (Å²) in [6.07, 6.45) is 5.64. The number of aromatic nitrogens is 2. The van der Waals surface area contributed by atoms with Gasteiger partial charge >= 0.3 is 0 Å². The average Bonchev–Trinajstić information content (AvgIpc) is 2.52. The largest absolute Gasteiger partial charge is 0.471 e. The van der Waals surface area contributed by atoms with Gasteiger partial charge in [-0.25, -0.2) is 4.98 Å². The molecule has 0 unspecified atom stereocenters. The zero-order chi connectivity index (χ0) is 10.0. The minimum atomic E-state index is -0.0287. The Morgan fingerprint density at radius 3 is 2.79 bits per heavy atom. The van der Waals surface area contributed by atoms with Crippen LogP contribution in [-0.4, -0.2) is 28.2 Å². The van der Waals surface area contributed by atoms with E-state index < -0.39 is 0 Å². The number of hydrogen-bond donors (Lipinski definition) is 1. The average molecular weight is 195 g/mol. The molecule has 78 valence electrons. The third kappa shape index (κ3) is 1.90. The highest BCUT2D eigenvalue weighted by Gasteiger charge is 2.29. The maximum absolute atomic E-state index is 5.97. The Balaban J connectivity index is 2.05. The second-order valence-corrected chi connectivity index (χ2v) is 4.14. The molecule has 2 heterocycles. The molecule has 0 aliphatic carbocycles. The SMILES string of the molecule is Cn1cncc1OC1(C)CCNCC1. The number of aryl methyl sites for hydroxylation is 1. The fraction of sp³-hybridized carbons (Fsp3) is 0.700. The highest BCUT2D eigenvalue weighted by molar-refractivity contribution is 5.07. The molecule has 1 aliphatic heterocycles. The number of piperidine rings is 1. The molecule has 1 fully saturated rings. The maximum atomic E-state index is 5.97. The quantitative estimate of drug-likeness (QED) is 0.763. The Morgan fingerprint density at radius 1 is 1.50 bits per heavy atom. The lowest BCUT2D eigenvalue weighted by Gasteiger charge is -2.34. The second-order valence-electron chi connectivity index (χ2n) is 4.14. The molecule has 0 saturated carbocycles. The lowest BCUT2D eigenvalue weighted by Crippen LogP contribution is -2.44. The summed E-state index contributed by atoms with van der Waals surface area (Å²) in [5.41, 5.74) is -0.0287. The second kappa shape index (κ2) is 3.61. The van der Waals surface area contributed by atoms with Crippen molar-refractivity contribution in [3.63, 3.8) is 0 Å². The van der Waals surface area contributed by atoms with Crippen LogP contribution in [-0.2, 0) is 7.05 Å². The summed E-state index contributed by atoms with van der Waals surface area (Å²) in [7, 11) is 1.95. The van der Waals surface area contributed by atoms with Gasteiger partial charge in [-0.1, -0.05) is 0 Å². The summed E-state index contributed by atoms with van der Waals surface area (Å²) in [5.74, 6) is 0.856. The molecule has 4 heteroatoms. The standard InChI is InChI=1S/C10H17N3O/c1-10(3-5-11-6-4-10)14-9-7-12-8-13(9)2/h7-8,11H,3-6H2,1-2H3. The van der Waals surface area contributed by atoms with Crippen molar-refractivity contribution < 1.29 is 4.74 Å². The molecule has 4 nitrogen and oxygen atoms in total. The van der Waals surface area contributed by atoms with Crippen LogP contribution in [0.15, 0.2) is 12.5 Å². The maximum Gasteiger partial charge on any atom is 0.213 e. The summed E-state index contributed by atoms with van der Waals surface area (Å²) in [6, 6.07) is 0. The third-order valence-corrected chi connectivity index (χ3v) is 2.78. The van der Waals surface area contributed by atoms with E-state index in [1.54, 1.807) is 12.5 Å². The normalized spacial score (nSPS) is 20.7. The highest BCUT2D eigenvalue weighted by atomic mass is 16.5. The summed E-state index contributed by atoms with van der Waals surface area (Å²) in [4.78, 5) is 4.04. The Morgan fingerprint density at radius 2 is 2.21 bits per heavy atom. The molecule has 0 atom stereocenters. The Bertz CT molecular complexity index is 302. The van der Waals surface area contributed by atoms with Crippen LogP contribution in [0, 0.1) is 0 Å². The highest BCUT2D eigenvalue weighted by Crippen LogP contribution is 2.24. The van der Waals surface area contributed by atoms with Gasteiger partial charge in [-0.05, 0) is 32.9 Å². The van der Waals surface area contributed by atoms with Crippen LogP contribution in [0.4, 0.5) is 0 Å². The number of nitrogens with one attached hydrogen (secondary N) is 1. The molecule has 0 spiro atoms. The van der Waals surface area contributed by atoms with Crippen molar-refractivity contribution in [3.05, 3.63) is 12.5 Å². The smallest absolute Gasteiger partial charge is 0.213 e. The molecule has 0 aromatic carbocycles. The van der Waals surface area contributed by atoms with Gasteiger partial charge < -0.3 is 14.6 Å². The first-order chi connectivity index (χ1) is 6.70. The summed E-state index contributed by atoms with van der Waals surface area (Å²) < 4.78 is 7.88. The molecule has 1 aromatic heterocycles. The van der Waals surface area contributed by atoms with Gasteiger partial charge in [-0.15, -0.1) is 0 Å². The molecule has 1 aliphatic rings. The van der Waals surface area contributed by atoms with E-state index >= 15 is 0 Å². The van der Waals surface area contributed by atoms with E-state index in [1.807, 2.05) is 11.6 Å². The first kappa shape index (κ1) is 9.52. The minimum Gasteiger partial charge on any atom is -0.471 e. The zero-order valence-corrected chi connectivity index (χ0v) is 8.79. The van der Waals surface area contributed by atoms with Gasteiger partial charge in [0.15, 0.2) is 0 Å². The van der Waals surface area contributed by atoms with E-state index in [1.165, 1.54) is 0 Å². The molecule has 2 rings (SSSR count). The molecule has 0 bridgehead atoms. The minimum absolute atomic E-state index is 0.0287. The molecule has 0 radical (unpaired) electrons. The topological polar surface area (TPSA) is 39.1 Å². The predicted molar refractivity (Wildman–Crippen MR) is 54.3 cm³/mol. The van der Waals surface area contributed by atoms with Crippen molar-refractivity contribution in [2.75, 3.05) is 13.1 Å². The van der Waals surface area contributed by atoms with E-state index in [4.69, 9.17) is 4.74 Å². The molecule has 14 heavy (non-hydrogen) atoms. The van der Waals surface area contributed by atoms with Crippen LogP contribution in [0.5, 0.6) is 5.88 Å². The van der Waals surface area contributed by atoms with Crippen LogP contribution < -0.4 is 10.1 Å². The summed E-state index contributed by atoms with van der Waals surface area (Å²) >= 11 is 0. The van der Waals surface area contributed by atoms with Crippen molar-refractivity contribution in [2.45, 2.75) is 25.4 Å². The Hall–Kier alpha value is -1.03. The molecular weight excluding hydrogens is 178 g/mol. The molecule has 1 saturated heterocycles. The van der Waals surface area contributed by atoms with Gasteiger partial charge in [0.2, 0.25) is 5.88 Å². The summed E-state index contributed by atoms with van der Waals surface area (Å²) in [5, 5.41) is 3.33. The van der Waals surface area contributed by atoms with Gasteiger partial charge in [0.1, 0.15) is 5.60 Å². The number of nitrogens with zero attached hydrogens (tertiary/aromatic N) is 2. The van der Waals surface area contributed by atoms with Crippen LogP contribution in [0.25, 0.3) is 0 Å². The van der Waals surface area contributed by atoms with E-state index in [9.17, 15) is 0 Å². The van der Waals surface area contributed by atoms with Crippen LogP contribution >= 0.6 is 0 Å². The number of ether oxygens (including phenoxy) is 1. The van der Waals surface area contributed by atoms with Crippen molar-refractivity contribution in [1.29, 1.82) is 0 Å². The number of hydrogen-bond acceptors (Lipinski definition) is 3. The molecule has 1 N–H and O–H groups in total. The van der Waals surface area contributed by atoms with Gasteiger partial charge in [-0.3, -0.25) is 0 Å². The Kier molecular flexibility index (Phi) is 2.46. The van der Waals surface area contributed by atoms with Crippen LogP contribution in [0.1, 0.15) is 19.8 Å². The molecule has 0 amide bonds. The molecule has 1 aromatic rings. The van der Waals surface area contributed by atoms with Gasteiger partial charge in [0.25, 0.3) is 0 Å². The first-order valence-electron chi connectivity index (χ1n) is 5.06. The molecular formula is C10H17N3O. The first-order valence-corrected chi connectivity index (χ1v) is 5.06. The van der Waals surface area contributed by atoms with E-state index in [0.717, 1.165) is 31.8 Å². The summed E-state index contributed by atoms with van der Waals surface area (Å²) in [6.45, 7) is 4.24. The van der Waals surface area contributed by atoms with Crippen molar-refractivity contribution in [1.82, 2.24) is 14.9 Å². The fourth-order valence-electron chi connectivity index (χ4n) is 1.75. The van der Waals surface area contributed by atoms with E-state index in [0.29, 0.717) is 0 Å². The van der Waals surface area contributed by atoms with Crippen LogP contribution in [0.2, 0.25) is 0 Å². The van der Waals surface area contributed by atoms with Crippen molar-refractivity contribution in [3.8, 4) is 5.88 Å². The number of rotatable bonds is 2. The fourth-order valence-corrected chi connectivity index (χ4v) is 1.75. The monoisotopic (exact) mass is 195 g/mol. The van der Waals surface area contributed by atoms with Crippen LogP contribution in [0.3, 0.4) is 0 Å². The van der Waals surface area contributed by atoms with E-state index in [2.05, 4.69) is 17.2 Å². The van der Waals surface area contributed by atoms with E-state index in [-0.39, 0.29) is 5.60 Å². The van der Waals surface area contributed by atoms with Gasteiger partial charge in [0, 0.05) is 7.05 Å². The third-order valence-electron chi connectivity index (χ3n) is 2.78. The lowest BCUT2D eigenvalue weighted by molar-refractivity contribution is 0.0476. The number of imidazole rings is 1. The van der Waals surface area contributed by atoms with Crippen molar-refractivity contribution >= 4 is 0 Å². The van der Waals surface area contributed by atoms with Gasteiger partial charge in [-0.2, -0.15) is 0 Å². The van der Waals surface area contributed by atoms with Gasteiger partial charge in [0.05, 0.1) is 12.5 Å². The van der Waals surface area contributed by atoms with Crippen molar-refractivity contribution in [2.24, 2.45) is 7.05 Å². The Labute approximate surface area is 84.3 Å². The zero-order valence-electron chi connectivity index (χ0n) is 8.79. The predicted octanol–water partition coefficient (Wildman–Crippen LogP) is 0.941.